The zero-order valence-electron chi connectivity index (χ0n) is 14.1. The summed E-state index contributed by atoms with van der Waals surface area (Å²) >= 11 is 0. The van der Waals surface area contributed by atoms with Crippen molar-refractivity contribution >= 4 is 6.21 Å². The SMILES string of the molecule is Cc1ccc(/C=N\N2CC[NH+](Cc3ccc(C)cc3)CC2)cc1. The molecule has 0 bridgehead atoms. The molecule has 2 aromatic rings. The largest absolute Gasteiger partial charge is 0.328 e. The molecule has 1 aliphatic heterocycles. The predicted octanol–water partition coefficient (Wildman–Crippen LogP) is 2.04. The summed E-state index contributed by atoms with van der Waals surface area (Å²) < 4.78 is 0. The molecule has 1 aliphatic rings. The molecule has 3 rings (SSSR count). The van der Waals surface area contributed by atoms with E-state index < -0.39 is 0 Å². The van der Waals surface area contributed by atoms with Crippen molar-refractivity contribution in [2.24, 2.45) is 5.10 Å². The molecule has 1 heterocycles. The summed E-state index contributed by atoms with van der Waals surface area (Å²) in [6.45, 7) is 9.74. The van der Waals surface area contributed by atoms with Gasteiger partial charge in [-0.15, -0.1) is 0 Å². The van der Waals surface area contributed by atoms with Crippen LogP contribution in [0.4, 0.5) is 0 Å². The topological polar surface area (TPSA) is 20.0 Å². The van der Waals surface area contributed by atoms with Crippen molar-refractivity contribution in [1.29, 1.82) is 0 Å². The minimum Gasteiger partial charge on any atom is -0.328 e. The zero-order chi connectivity index (χ0) is 16.1. The van der Waals surface area contributed by atoms with Gasteiger partial charge in [0.1, 0.15) is 6.54 Å². The average molecular weight is 308 g/mol. The van der Waals surface area contributed by atoms with E-state index in [0.717, 1.165) is 32.7 Å². The van der Waals surface area contributed by atoms with Gasteiger partial charge in [-0.3, -0.25) is 5.01 Å². The standard InChI is InChI=1S/C20H25N3/c1-17-3-7-19(8-4-17)15-21-23-13-11-22(12-14-23)16-20-9-5-18(2)6-10-20/h3-10,15H,11-14,16H2,1-2H3/p+1/b21-15-. The number of benzene rings is 2. The smallest absolute Gasteiger partial charge is 0.103 e. The number of nitrogens with zero attached hydrogens (tertiary/aromatic N) is 2. The van der Waals surface area contributed by atoms with E-state index >= 15 is 0 Å². The monoisotopic (exact) mass is 308 g/mol. The number of quaternary nitrogens is 1. The molecule has 2 aromatic carbocycles. The lowest BCUT2D eigenvalue weighted by atomic mass is 10.1. The average Bonchev–Trinajstić information content (AvgIpc) is 2.58. The van der Waals surface area contributed by atoms with E-state index in [1.807, 2.05) is 6.21 Å². The third-order valence-electron chi connectivity index (χ3n) is 4.47. The van der Waals surface area contributed by atoms with Crippen LogP contribution in [0.1, 0.15) is 22.3 Å². The van der Waals surface area contributed by atoms with E-state index in [1.165, 1.54) is 22.3 Å². The second-order valence-corrected chi connectivity index (χ2v) is 6.52. The highest BCUT2D eigenvalue weighted by Gasteiger charge is 2.18. The van der Waals surface area contributed by atoms with Crippen molar-refractivity contribution in [3.8, 4) is 0 Å². The van der Waals surface area contributed by atoms with Gasteiger partial charge in [0.05, 0.1) is 32.4 Å². The Labute approximate surface area is 139 Å². The van der Waals surface area contributed by atoms with Crippen LogP contribution in [0.2, 0.25) is 0 Å². The number of nitrogens with one attached hydrogen (secondary N) is 1. The molecule has 0 aromatic heterocycles. The highest BCUT2D eigenvalue weighted by atomic mass is 15.5. The van der Waals surface area contributed by atoms with Crippen LogP contribution < -0.4 is 4.90 Å². The molecule has 1 fully saturated rings. The lowest BCUT2D eigenvalue weighted by Gasteiger charge is -2.30. The van der Waals surface area contributed by atoms with Gasteiger partial charge in [-0.2, -0.15) is 5.10 Å². The van der Waals surface area contributed by atoms with E-state index in [-0.39, 0.29) is 0 Å². The molecule has 120 valence electrons. The van der Waals surface area contributed by atoms with Gasteiger partial charge >= 0.3 is 0 Å². The molecule has 23 heavy (non-hydrogen) atoms. The number of piperazine rings is 1. The van der Waals surface area contributed by atoms with E-state index in [9.17, 15) is 0 Å². The van der Waals surface area contributed by atoms with Gasteiger partial charge in [0.2, 0.25) is 0 Å². The highest BCUT2D eigenvalue weighted by Crippen LogP contribution is 2.03. The first-order valence-corrected chi connectivity index (χ1v) is 8.44. The first-order valence-electron chi connectivity index (χ1n) is 8.44. The van der Waals surface area contributed by atoms with Gasteiger partial charge in [-0.05, 0) is 19.4 Å². The molecule has 0 atom stereocenters. The van der Waals surface area contributed by atoms with E-state index in [4.69, 9.17) is 0 Å². The number of hydrogen-bond donors (Lipinski definition) is 1. The van der Waals surface area contributed by atoms with Gasteiger partial charge in [-0.1, -0.05) is 59.7 Å². The summed E-state index contributed by atoms with van der Waals surface area (Å²) in [5, 5.41) is 6.82. The van der Waals surface area contributed by atoms with E-state index in [0.29, 0.717) is 0 Å². The van der Waals surface area contributed by atoms with E-state index in [1.54, 1.807) is 4.90 Å². The van der Waals surface area contributed by atoms with Crippen molar-refractivity contribution in [3.63, 3.8) is 0 Å². The van der Waals surface area contributed by atoms with Crippen molar-refractivity contribution in [2.45, 2.75) is 20.4 Å². The number of rotatable bonds is 4. The van der Waals surface area contributed by atoms with Crippen LogP contribution in [-0.4, -0.2) is 37.4 Å². The Kier molecular flexibility index (Phi) is 5.09. The maximum Gasteiger partial charge on any atom is 0.103 e. The molecule has 0 radical (unpaired) electrons. The van der Waals surface area contributed by atoms with Crippen LogP contribution in [0.3, 0.4) is 0 Å². The van der Waals surface area contributed by atoms with Crippen molar-refractivity contribution < 1.29 is 4.90 Å². The second kappa shape index (κ2) is 7.42. The maximum absolute atomic E-state index is 4.63. The number of hydrazone groups is 1. The number of hydrogen-bond acceptors (Lipinski definition) is 2. The third-order valence-corrected chi connectivity index (χ3v) is 4.47. The minimum absolute atomic E-state index is 1.03. The highest BCUT2D eigenvalue weighted by molar-refractivity contribution is 5.79. The molecule has 1 N–H and O–H groups in total. The Balaban J connectivity index is 1.48. The molecule has 0 aliphatic carbocycles. The Morgan fingerprint density at radius 3 is 2.09 bits per heavy atom. The van der Waals surface area contributed by atoms with Gasteiger partial charge in [0.25, 0.3) is 0 Å². The Morgan fingerprint density at radius 1 is 0.913 bits per heavy atom. The zero-order valence-corrected chi connectivity index (χ0v) is 14.1. The maximum atomic E-state index is 4.63. The molecular formula is C20H26N3+. The first-order chi connectivity index (χ1) is 11.2. The van der Waals surface area contributed by atoms with Crippen LogP contribution in [0.15, 0.2) is 53.6 Å². The number of aryl methyl sites for hydroxylation is 2. The first kappa shape index (κ1) is 15.8. The third kappa shape index (κ3) is 4.67. The molecule has 1 saturated heterocycles. The normalized spacial score (nSPS) is 16.2. The van der Waals surface area contributed by atoms with Gasteiger partial charge in [-0.25, -0.2) is 0 Å². The molecule has 0 unspecified atom stereocenters. The van der Waals surface area contributed by atoms with Crippen LogP contribution in [0, 0.1) is 13.8 Å². The van der Waals surface area contributed by atoms with Crippen molar-refractivity contribution in [2.75, 3.05) is 26.2 Å². The Bertz CT molecular complexity index is 636. The van der Waals surface area contributed by atoms with Crippen molar-refractivity contribution in [3.05, 3.63) is 70.8 Å². The molecule has 0 saturated carbocycles. The molecule has 0 amide bonds. The van der Waals surface area contributed by atoms with Crippen LogP contribution in [0.25, 0.3) is 0 Å². The van der Waals surface area contributed by atoms with Gasteiger partial charge in [0.15, 0.2) is 0 Å². The fraction of sp³-hybridized carbons (Fsp3) is 0.350. The Hall–Kier alpha value is -2.13. The fourth-order valence-corrected chi connectivity index (χ4v) is 2.90. The van der Waals surface area contributed by atoms with Crippen LogP contribution in [-0.2, 0) is 6.54 Å². The lowest BCUT2D eigenvalue weighted by molar-refractivity contribution is -0.918. The molecule has 3 heteroatoms. The summed E-state index contributed by atoms with van der Waals surface area (Å²) in [6.07, 6.45) is 1.98. The summed E-state index contributed by atoms with van der Waals surface area (Å²) in [4.78, 5) is 1.65. The van der Waals surface area contributed by atoms with E-state index in [2.05, 4.69) is 72.5 Å². The Morgan fingerprint density at radius 2 is 1.48 bits per heavy atom. The minimum atomic E-state index is 1.03. The van der Waals surface area contributed by atoms with Gasteiger partial charge < -0.3 is 4.90 Å². The second-order valence-electron chi connectivity index (χ2n) is 6.52. The summed E-state index contributed by atoms with van der Waals surface area (Å²) in [5.74, 6) is 0. The van der Waals surface area contributed by atoms with Crippen LogP contribution in [0.5, 0.6) is 0 Å². The van der Waals surface area contributed by atoms with Gasteiger partial charge in [0, 0.05) is 5.56 Å². The molecular weight excluding hydrogens is 282 g/mol. The molecule has 3 nitrogen and oxygen atoms in total. The summed E-state index contributed by atoms with van der Waals surface area (Å²) in [5.41, 5.74) is 5.22. The quantitative estimate of drug-likeness (QED) is 0.857. The molecule has 0 spiro atoms. The summed E-state index contributed by atoms with van der Waals surface area (Å²) in [6, 6.07) is 17.4. The predicted molar refractivity (Wildman–Crippen MR) is 95.9 cm³/mol. The summed E-state index contributed by atoms with van der Waals surface area (Å²) in [7, 11) is 0. The lowest BCUT2D eigenvalue weighted by Crippen LogP contribution is -3.13. The fourth-order valence-electron chi connectivity index (χ4n) is 2.90. The van der Waals surface area contributed by atoms with Crippen LogP contribution >= 0.6 is 0 Å². The van der Waals surface area contributed by atoms with Crippen molar-refractivity contribution in [1.82, 2.24) is 5.01 Å².